The molecule has 29 heavy (non-hydrogen) atoms. The highest BCUT2D eigenvalue weighted by Gasteiger charge is 2.17. The SMILES string of the molecule is CCn1c(SCC(=O)c2ccc(O)c(NC(C)=O)c2)nnc1-c1ccccc1C. The number of phenolic OH excluding ortho intramolecular Hbond substituents is 1. The predicted octanol–water partition coefficient (Wildman–Crippen LogP) is 3.91. The predicted molar refractivity (Wildman–Crippen MR) is 113 cm³/mol. The molecule has 0 aliphatic carbocycles. The Balaban J connectivity index is 1.78. The van der Waals surface area contributed by atoms with Crippen LogP contribution in [0.1, 0.15) is 29.8 Å². The summed E-state index contributed by atoms with van der Waals surface area (Å²) in [4.78, 5) is 23.9. The van der Waals surface area contributed by atoms with Crippen molar-refractivity contribution in [2.75, 3.05) is 11.1 Å². The number of benzene rings is 2. The topological polar surface area (TPSA) is 97.1 Å². The van der Waals surface area contributed by atoms with Gasteiger partial charge in [-0.15, -0.1) is 10.2 Å². The molecule has 1 aromatic heterocycles. The smallest absolute Gasteiger partial charge is 0.221 e. The number of phenols is 1. The van der Waals surface area contributed by atoms with Crippen molar-refractivity contribution in [2.24, 2.45) is 0 Å². The second kappa shape index (κ2) is 8.91. The van der Waals surface area contributed by atoms with Crippen molar-refractivity contribution >= 4 is 29.1 Å². The number of aryl methyl sites for hydroxylation is 1. The lowest BCUT2D eigenvalue weighted by Crippen LogP contribution is -2.09. The molecular weight excluding hydrogens is 388 g/mol. The van der Waals surface area contributed by atoms with Crippen LogP contribution in [0.2, 0.25) is 0 Å². The first-order valence-corrected chi connectivity index (χ1v) is 10.1. The Bertz CT molecular complexity index is 1060. The molecule has 3 rings (SSSR count). The third kappa shape index (κ3) is 4.65. The van der Waals surface area contributed by atoms with Gasteiger partial charge in [0.25, 0.3) is 0 Å². The maximum absolute atomic E-state index is 12.6. The molecule has 2 N–H and O–H groups in total. The standard InChI is InChI=1S/C21H22N4O3S/c1-4-25-20(16-8-6-5-7-13(16)2)23-24-21(25)29-12-19(28)15-9-10-18(27)17(11-15)22-14(3)26/h5-11,27H,4,12H2,1-3H3,(H,22,26). The number of nitrogens with zero attached hydrogens (tertiary/aromatic N) is 3. The van der Waals surface area contributed by atoms with E-state index in [1.807, 2.05) is 42.7 Å². The average Bonchev–Trinajstić information content (AvgIpc) is 3.10. The van der Waals surface area contributed by atoms with Crippen LogP contribution in [0.25, 0.3) is 11.4 Å². The van der Waals surface area contributed by atoms with E-state index in [1.165, 1.54) is 36.9 Å². The Morgan fingerprint density at radius 3 is 2.62 bits per heavy atom. The first-order valence-electron chi connectivity index (χ1n) is 9.16. The molecule has 0 atom stereocenters. The highest BCUT2D eigenvalue weighted by Crippen LogP contribution is 2.28. The Morgan fingerprint density at radius 2 is 1.93 bits per heavy atom. The van der Waals surface area contributed by atoms with Crippen molar-refractivity contribution in [1.82, 2.24) is 14.8 Å². The third-order valence-electron chi connectivity index (χ3n) is 4.38. The number of Topliss-reactive ketones (excluding diaryl/α,β-unsaturated/α-hetero) is 1. The van der Waals surface area contributed by atoms with Gasteiger partial charge < -0.3 is 15.0 Å². The largest absolute Gasteiger partial charge is 0.506 e. The van der Waals surface area contributed by atoms with Crippen LogP contribution in [0.15, 0.2) is 47.6 Å². The molecule has 0 saturated heterocycles. The number of aromatic hydroxyl groups is 1. The van der Waals surface area contributed by atoms with Gasteiger partial charge in [0.1, 0.15) is 5.75 Å². The van der Waals surface area contributed by atoms with Crippen LogP contribution in [-0.4, -0.2) is 37.3 Å². The fourth-order valence-corrected chi connectivity index (χ4v) is 3.81. The van der Waals surface area contributed by atoms with Crippen molar-refractivity contribution < 1.29 is 14.7 Å². The first-order chi connectivity index (χ1) is 13.9. The Morgan fingerprint density at radius 1 is 1.17 bits per heavy atom. The van der Waals surface area contributed by atoms with Crippen LogP contribution in [0.4, 0.5) is 5.69 Å². The molecule has 1 amide bonds. The number of carbonyl (C=O) groups is 2. The molecular formula is C21H22N4O3S. The van der Waals surface area contributed by atoms with Gasteiger partial charge >= 0.3 is 0 Å². The van der Waals surface area contributed by atoms with Gasteiger partial charge in [0.15, 0.2) is 16.8 Å². The maximum atomic E-state index is 12.6. The normalized spacial score (nSPS) is 10.7. The number of rotatable bonds is 7. The molecule has 0 radical (unpaired) electrons. The number of carbonyl (C=O) groups excluding carboxylic acids is 2. The van der Waals surface area contributed by atoms with Crippen molar-refractivity contribution in [2.45, 2.75) is 32.5 Å². The minimum absolute atomic E-state index is 0.0852. The fourth-order valence-electron chi connectivity index (χ4n) is 2.92. The Labute approximate surface area is 173 Å². The summed E-state index contributed by atoms with van der Waals surface area (Å²) in [5.41, 5.74) is 2.74. The first kappa shape index (κ1) is 20.6. The molecule has 7 nitrogen and oxygen atoms in total. The molecule has 2 aromatic carbocycles. The van der Waals surface area contributed by atoms with Crippen LogP contribution in [0.3, 0.4) is 0 Å². The molecule has 0 fully saturated rings. The number of aromatic nitrogens is 3. The van der Waals surface area contributed by atoms with Gasteiger partial charge in [0.2, 0.25) is 5.91 Å². The third-order valence-corrected chi connectivity index (χ3v) is 5.35. The van der Waals surface area contributed by atoms with Crippen LogP contribution in [0.5, 0.6) is 5.75 Å². The Kier molecular flexibility index (Phi) is 6.33. The second-order valence-electron chi connectivity index (χ2n) is 6.49. The van der Waals surface area contributed by atoms with Gasteiger partial charge in [0, 0.05) is 24.6 Å². The zero-order chi connectivity index (χ0) is 21.0. The van der Waals surface area contributed by atoms with Gasteiger partial charge in [-0.25, -0.2) is 0 Å². The van der Waals surface area contributed by atoms with Crippen LogP contribution in [-0.2, 0) is 11.3 Å². The monoisotopic (exact) mass is 410 g/mol. The van der Waals surface area contributed by atoms with E-state index in [4.69, 9.17) is 0 Å². The number of ketones is 1. The minimum Gasteiger partial charge on any atom is -0.506 e. The summed E-state index contributed by atoms with van der Waals surface area (Å²) in [6.45, 7) is 6.06. The summed E-state index contributed by atoms with van der Waals surface area (Å²) in [7, 11) is 0. The van der Waals surface area contributed by atoms with Gasteiger partial charge in [-0.05, 0) is 37.6 Å². The van der Waals surface area contributed by atoms with Crippen LogP contribution in [0, 0.1) is 6.92 Å². The van der Waals surface area contributed by atoms with Crippen LogP contribution < -0.4 is 5.32 Å². The lowest BCUT2D eigenvalue weighted by atomic mass is 10.1. The van der Waals surface area contributed by atoms with E-state index in [9.17, 15) is 14.7 Å². The molecule has 0 aliphatic heterocycles. The highest BCUT2D eigenvalue weighted by atomic mass is 32.2. The number of anilines is 1. The maximum Gasteiger partial charge on any atom is 0.221 e. The number of amides is 1. The van der Waals surface area contributed by atoms with E-state index in [0.717, 1.165) is 17.0 Å². The molecule has 3 aromatic rings. The number of nitrogens with one attached hydrogen (secondary N) is 1. The number of thioether (sulfide) groups is 1. The van der Waals surface area contributed by atoms with Gasteiger partial charge in [0.05, 0.1) is 11.4 Å². The van der Waals surface area contributed by atoms with E-state index in [-0.39, 0.29) is 28.9 Å². The molecule has 0 bridgehead atoms. The van der Waals surface area contributed by atoms with Gasteiger partial charge in [-0.1, -0.05) is 36.0 Å². The van der Waals surface area contributed by atoms with Crippen molar-refractivity contribution in [1.29, 1.82) is 0 Å². The molecule has 0 spiro atoms. The number of hydrogen-bond acceptors (Lipinski definition) is 6. The van der Waals surface area contributed by atoms with E-state index >= 15 is 0 Å². The van der Waals surface area contributed by atoms with Gasteiger partial charge in [-0.2, -0.15) is 0 Å². The Hall–Kier alpha value is -3.13. The van der Waals surface area contributed by atoms with Crippen molar-refractivity contribution in [3.05, 3.63) is 53.6 Å². The molecule has 0 aliphatic rings. The van der Waals surface area contributed by atoms with Crippen molar-refractivity contribution in [3.63, 3.8) is 0 Å². The fraction of sp³-hybridized carbons (Fsp3) is 0.238. The molecule has 150 valence electrons. The lowest BCUT2D eigenvalue weighted by molar-refractivity contribution is -0.114. The quantitative estimate of drug-likeness (QED) is 0.348. The average molecular weight is 410 g/mol. The lowest BCUT2D eigenvalue weighted by Gasteiger charge is -2.09. The molecule has 1 heterocycles. The summed E-state index contributed by atoms with van der Waals surface area (Å²) in [6.07, 6.45) is 0. The van der Waals surface area contributed by atoms with Gasteiger partial charge in [-0.3, -0.25) is 9.59 Å². The zero-order valence-electron chi connectivity index (χ0n) is 16.5. The highest BCUT2D eigenvalue weighted by molar-refractivity contribution is 7.99. The summed E-state index contributed by atoms with van der Waals surface area (Å²) in [5, 5.41) is 21.6. The summed E-state index contributed by atoms with van der Waals surface area (Å²) in [6, 6.07) is 12.4. The van der Waals surface area contributed by atoms with E-state index in [1.54, 1.807) is 0 Å². The minimum atomic E-state index is -0.320. The molecule has 0 saturated carbocycles. The van der Waals surface area contributed by atoms with E-state index < -0.39 is 0 Å². The summed E-state index contributed by atoms with van der Waals surface area (Å²) in [5.74, 6) is 0.399. The van der Waals surface area contributed by atoms with Crippen LogP contribution >= 0.6 is 11.8 Å². The zero-order valence-corrected chi connectivity index (χ0v) is 17.3. The number of hydrogen-bond donors (Lipinski definition) is 2. The molecule has 0 unspecified atom stereocenters. The molecule has 8 heteroatoms. The summed E-state index contributed by atoms with van der Waals surface area (Å²) < 4.78 is 1.99. The summed E-state index contributed by atoms with van der Waals surface area (Å²) >= 11 is 1.31. The van der Waals surface area contributed by atoms with E-state index in [0.29, 0.717) is 17.3 Å². The second-order valence-corrected chi connectivity index (χ2v) is 7.43. The van der Waals surface area contributed by atoms with Crippen molar-refractivity contribution in [3.8, 4) is 17.1 Å². The van der Waals surface area contributed by atoms with E-state index in [2.05, 4.69) is 15.5 Å².